The van der Waals surface area contributed by atoms with E-state index in [1.54, 1.807) is 0 Å². The Morgan fingerprint density at radius 3 is 2.34 bits per heavy atom. The highest BCUT2D eigenvalue weighted by atomic mass is 16.5. The third-order valence-electron chi connectivity index (χ3n) is 5.95. The fourth-order valence-electron chi connectivity index (χ4n) is 4.28. The fourth-order valence-corrected chi connectivity index (χ4v) is 4.28. The van der Waals surface area contributed by atoms with Crippen molar-refractivity contribution in [1.82, 2.24) is 15.1 Å². The van der Waals surface area contributed by atoms with Crippen LogP contribution < -0.4 is 5.32 Å². The maximum Gasteiger partial charge on any atom is 0.412 e. The van der Waals surface area contributed by atoms with Gasteiger partial charge in [-0.15, -0.1) is 0 Å². The molecule has 2 aliphatic rings. The van der Waals surface area contributed by atoms with Crippen LogP contribution >= 0.6 is 0 Å². The van der Waals surface area contributed by atoms with Gasteiger partial charge in [-0.2, -0.15) is 5.10 Å². The number of aromatic amines is 1. The fraction of sp³-hybridized carbons (Fsp3) is 0.217. The molecule has 2 heterocycles. The molecule has 0 spiro atoms. The molecule has 2 aromatic carbocycles. The predicted molar refractivity (Wildman–Crippen MR) is 114 cm³/mol. The number of anilines is 1. The van der Waals surface area contributed by atoms with Crippen molar-refractivity contribution in [2.24, 2.45) is 0 Å². The summed E-state index contributed by atoms with van der Waals surface area (Å²) in [5, 5.41) is 18.1. The molecule has 9 nitrogen and oxygen atoms in total. The van der Waals surface area contributed by atoms with Gasteiger partial charge in [-0.3, -0.25) is 15.2 Å². The second kappa shape index (κ2) is 7.84. The molecule has 9 heteroatoms. The van der Waals surface area contributed by atoms with E-state index in [0.29, 0.717) is 13.0 Å². The monoisotopic (exact) mass is 432 g/mol. The number of carbonyl (C=O) groups excluding carboxylic acids is 2. The van der Waals surface area contributed by atoms with E-state index in [-0.39, 0.29) is 24.0 Å². The Bertz CT molecular complexity index is 1170. The van der Waals surface area contributed by atoms with Crippen molar-refractivity contribution in [2.75, 3.05) is 18.5 Å². The number of H-pyrrole nitrogens is 1. The number of ether oxygens (including phenoxy) is 1. The number of carboxylic acid groups (broad SMARTS) is 1. The Morgan fingerprint density at radius 2 is 1.75 bits per heavy atom. The van der Waals surface area contributed by atoms with Crippen LogP contribution in [0.15, 0.2) is 54.6 Å². The van der Waals surface area contributed by atoms with E-state index >= 15 is 0 Å². The lowest BCUT2D eigenvalue weighted by Gasteiger charge is -2.37. The molecule has 1 unspecified atom stereocenters. The second-order valence-corrected chi connectivity index (χ2v) is 7.76. The zero-order chi connectivity index (χ0) is 22.2. The number of aromatic nitrogens is 2. The van der Waals surface area contributed by atoms with Crippen molar-refractivity contribution in [3.8, 4) is 11.1 Å². The smallest absolute Gasteiger partial charge is 0.412 e. The Kier molecular flexibility index (Phi) is 4.85. The molecular weight excluding hydrogens is 412 g/mol. The molecule has 1 aromatic heterocycles. The van der Waals surface area contributed by atoms with Gasteiger partial charge in [-0.25, -0.2) is 9.59 Å². The van der Waals surface area contributed by atoms with Crippen LogP contribution in [0.2, 0.25) is 0 Å². The largest absolute Gasteiger partial charge is 0.480 e. The van der Waals surface area contributed by atoms with Crippen LogP contribution in [0.25, 0.3) is 11.1 Å². The molecule has 2 amide bonds. The molecule has 0 saturated carbocycles. The van der Waals surface area contributed by atoms with Gasteiger partial charge < -0.3 is 14.7 Å². The van der Waals surface area contributed by atoms with Gasteiger partial charge in [0, 0.05) is 18.5 Å². The van der Waals surface area contributed by atoms with Crippen LogP contribution in [0.4, 0.5) is 10.6 Å². The Labute approximate surface area is 183 Å². The summed E-state index contributed by atoms with van der Waals surface area (Å²) in [6, 6.07) is 16.6. The van der Waals surface area contributed by atoms with Crippen molar-refractivity contribution >= 4 is 23.8 Å². The topological polar surface area (TPSA) is 125 Å². The van der Waals surface area contributed by atoms with Gasteiger partial charge in [-0.1, -0.05) is 48.5 Å². The van der Waals surface area contributed by atoms with Crippen LogP contribution in [0.1, 0.15) is 34.0 Å². The molecule has 1 saturated heterocycles. The van der Waals surface area contributed by atoms with Gasteiger partial charge in [0.05, 0.1) is 0 Å². The molecule has 1 fully saturated rings. The van der Waals surface area contributed by atoms with E-state index in [0.717, 1.165) is 22.3 Å². The molecule has 0 radical (unpaired) electrons. The highest BCUT2D eigenvalue weighted by Crippen LogP contribution is 2.44. The number of hydrogen-bond acceptors (Lipinski definition) is 5. The third-order valence-corrected chi connectivity index (χ3v) is 5.95. The lowest BCUT2D eigenvalue weighted by atomic mass is 9.98. The zero-order valence-corrected chi connectivity index (χ0v) is 16.9. The first-order valence-corrected chi connectivity index (χ1v) is 10.2. The summed E-state index contributed by atoms with van der Waals surface area (Å²) in [5.41, 5.74) is 4.59. The van der Waals surface area contributed by atoms with Crippen molar-refractivity contribution in [1.29, 1.82) is 0 Å². The molecule has 3 N–H and O–H groups in total. The van der Waals surface area contributed by atoms with Gasteiger partial charge >= 0.3 is 12.1 Å². The average Bonchev–Trinajstić information content (AvgIpc) is 3.34. The van der Waals surface area contributed by atoms with E-state index in [1.807, 2.05) is 36.4 Å². The molecule has 5 rings (SSSR count). The minimum absolute atomic E-state index is 0.0659. The summed E-state index contributed by atoms with van der Waals surface area (Å²) in [4.78, 5) is 37.1. The highest BCUT2D eigenvalue weighted by Gasteiger charge is 2.38. The van der Waals surface area contributed by atoms with Crippen molar-refractivity contribution in [2.45, 2.75) is 18.4 Å². The first-order chi connectivity index (χ1) is 15.5. The number of carboxylic acids is 1. The normalized spacial score (nSPS) is 16.6. The Morgan fingerprint density at radius 1 is 1.09 bits per heavy atom. The van der Waals surface area contributed by atoms with E-state index < -0.39 is 24.0 Å². The molecule has 0 bridgehead atoms. The van der Waals surface area contributed by atoms with Gasteiger partial charge in [0.25, 0.3) is 5.91 Å². The number of fused-ring (bicyclic) bond motifs is 3. The van der Waals surface area contributed by atoms with E-state index in [4.69, 9.17) is 9.84 Å². The van der Waals surface area contributed by atoms with Crippen LogP contribution in [-0.4, -0.2) is 57.4 Å². The number of nitrogens with zero attached hydrogens (tertiary/aromatic N) is 2. The van der Waals surface area contributed by atoms with Gasteiger partial charge in [0.1, 0.15) is 18.3 Å². The van der Waals surface area contributed by atoms with Gasteiger partial charge in [0.15, 0.2) is 5.82 Å². The first kappa shape index (κ1) is 19.8. The van der Waals surface area contributed by atoms with E-state index in [9.17, 15) is 14.4 Å². The number of likely N-dealkylation sites (tertiary alicyclic amines) is 1. The van der Waals surface area contributed by atoms with E-state index in [2.05, 4.69) is 27.6 Å². The summed E-state index contributed by atoms with van der Waals surface area (Å²) >= 11 is 0. The van der Waals surface area contributed by atoms with Crippen LogP contribution in [0, 0.1) is 0 Å². The summed E-state index contributed by atoms with van der Waals surface area (Å²) < 4.78 is 5.46. The number of nitrogens with one attached hydrogen (secondary N) is 2. The zero-order valence-electron chi connectivity index (χ0n) is 16.9. The quantitative estimate of drug-likeness (QED) is 0.569. The summed E-state index contributed by atoms with van der Waals surface area (Å²) in [6.45, 7) is 0.522. The minimum Gasteiger partial charge on any atom is -0.480 e. The predicted octanol–water partition coefficient (Wildman–Crippen LogP) is 3.07. The highest BCUT2D eigenvalue weighted by molar-refractivity contribution is 5.97. The second-order valence-electron chi connectivity index (χ2n) is 7.76. The number of benzene rings is 2. The number of amides is 2. The lowest BCUT2D eigenvalue weighted by molar-refractivity contribution is -0.146. The SMILES string of the molecule is O=C(Nc1cc(C(=O)N2CCC2C(=O)O)[nH]n1)OCC1c2ccccc2-c2ccccc21. The minimum atomic E-state index is -1.04. The number of hydrogen-bond donors (Lipinski definition) is 3. The molecule has 1 atom stereocenters. The standard InChI is InChI=1S/C23H20N4O5/c28-21(27-10-9-19(27)22(29)30)18-11-20(26-25-18)24-23(31)32-12-17-15-7-3-1-5-13(15)14-6-2-4-8-16(14)17/h1-8,11,17,19H,9-10,12H2,(H,29,30)(H2,24,25,26,31). The Hall–Kier alpha value is -4.14. The molecule has 162 valence electrons. The molecule has 32 heavy (non-hydrogen) atoms. The van der Waals surface area contributed by atoms with Crippen LogP contribution in [0.5, 0.6) is 0 Å². The average molecular weight is 432 g/mol. The lowest BCUT2D eigenvalue weighted by Crippen LogP contribution is -2.55. The third kappa shape index (κ3) is 3.37. The maximum absolute atomic E-state index is 12.4. The molecular formula is C23H20N4O5. The van der Waals surface area contributed by atoms with Crippen molar-refractivity contribution in [3.63, 3.8) is 0 Å². The molecule has 3 aromatic rings. The number of rotatable bonds is 5. The van der Waals surface area contributed by atoms with Crippen LogP contribution in [0.3, 0.4) is 0 Å². The van der Waals surface area contributed by atoms with Crippen molar-refractivity contribution < 1.29 is 24.2 Å². The summed E-state index contributed by atoms with van der Waals surface area (Å²) in [5.74, 6) is -1.46. The van der Waals surface area contributed by atoms with Crippen LogP contribution in [-0.2, 0) is 9.53 Å². The van der Waals surface area contributed by atoms with Gasteiger partial charge in [0.2, 0.25) is 0 Å². The van der Waals surface area contributed by atoms with Gasteiger partial charge in [-0.05, 0) is 28.7 Å². The van der Waals surface area contributed by atoms with Crippen molar-refractivity contribution in [3.05, 3.63) is 71.4 Å². The Balaban J connectivity index is 1.22. The first-order valence-electron chi connectivity index (χ1n) is 10.2. The number of carbonyl (C=O) groups is 3. The molecule has 1 aliphatic carbocycles. The summed E-state index contributed by atoms with van der Waals surface area (Å²) in [7, 11) is 0. The van der Waals surface area contributed by atoms with E-state index in [1.165, 1.54) is 11.0 Å². The number of aliphatic carboxylic acids is 1. The molecule has 1 aliphatic heterocycles. The maximum atomic E-state index is 12.4. The summed E-state index contributed by atoms with van der Waals surface area (Å²) in [6.07, 6.45) is -0.273.